The molecule has 0 saturated carbocycles. The van der Waals surface area contributed by atoms with Crippen LogP contribution < -0.4 is 10.2 Å². The van der Waals surface area contributed by atoms with E-state index < -0.39 is 39.3 Å². The van der Waals surface area contributed by atoms with E-state index in [0.29, 0.717) is 4.90 Å². The summed E-state index contributed by atoms with van der Waals surface area (Å²) in [4.78, 5) is 69.8. The van der Waals surface area contributed by atoms with Crippen molar-refractivity contribution < 1.29 is 29.0 Å². The summed E-state index contributed by atoms with van der Waals surface area (Å²) in [5.74, 6) is -6.62. The monoisotopic (exact) mass is 398 g/mol. The molecule has 0 unspecified atom stereocenters. The lowest BCUT2D eigenvalue weighted by molar-refractivity contribution is -0.385. The molecule has 1 saturated heterocycles. The Morgan fingerprint density at radius 3 is 1.83 bits per heavy atom. The topological polar surface area (TPSA) is 170 Å². The number of benzene rings is 2. The van der Waals surface area contributed by atoms with Crippen molar-refractivity contribution in [3.63, 3.8) is 0 Å². The first-order valence-corrected chi connectivity index (χ1v) is 7.92. The summed E-state index contributed by atoms with van der Waals surface area (Å²) in [6, 6.07) is 8.95. The first kappa shape index (κ1) is 19.3. The lowest BCUT2D eigenvalue weighted by atomic mass is 10.1. The largest absolute Gasteiger partial charge is 0.325 e. The van der Waals surface area contributed by atoms with E-state index in [1.807, 2.05) is 0 Å². The van der Waals surface area contributed by atoms with Gasteiger partial charge in [0.2, 0.25) is 11.7 Å². The Labute approximate surface area is 161 Å². The van der Waals surface area contributed by atoms with Crippen LogP contribution in [-0.4, -0.2) is 33.4 Å². The van der Waals surface area contributed by atoms with Crippen LogP contribution in [0.3, 0.4) is 0 Å². The highest BCUT2D eigenvalue weighted by molar-refractivity contribution is 6.59. The Bertz CT molecular complexity index is 1060. The minimum atomic E-state index is -1.94. The molecule has 2 aromatic rings. The van der Waals surface area contributed by atoms with E-state index in [2.05, 4.69) is 5.32 Å². The maximum absolute atomic E-state index is 12.5. The zero-order valence-electron chi connectivity index (χ0n) is 14.3. The Balaban J connectivity index is 1.81. The van der Waals surface area contributed by atoms with Gasteiger partial charge in [-0.1, -0.05) is 0 Å². The number of hydrogen-bond donors (Lipinski definition) is 1. The van der Waals surface area contributed by atoms with Crippen LogP contribution in [-0.2, 0) is 19.2 Å². The average Bonchev–Trinajstić information content (AvgIpc) is 2.91. The molecule has 0 aromatic heterocycles. The smallest absolute Gasteiger partial charge is 0.302 e. The van der Waals surface area contributed by atoms with Crippen molar-refractivity contribution in [3.8, 4) is 0 Å². The number of nitrogens with one attached hydrogen (secondary N) is 1. The SMILES string of the molecule is O=C(Nc1ccc([N+](=O)[O-])cc1)[C@H]1C(=O)C(=O)N(c2ccc([N+](=O)[O-])cc2)C1=O. The fourth-order valence-electron chi connectivity index (χ4n) is 2.66. The number of anilines is 2. The van der Waals surface area contributed by atoms with Crippen molar-refractivity contribution in [2.45, 2.75) is 0 Å². The van der Waals surface area contributed by atoms with Crippen LogP contribution in [0.15, 0.2) is 48.5 Å². The standard InChI is InChI=1S/C17H10N4O8/c22-14-13(15(23)18-9-1-3-11(4-2-9)20(26)27)16(24)19(17(14)25)10-5-7-12(8-6-10)21(28)29/h1-8,13H,(H,18,23)/t13-/m1/s1. The molecule has 1 fully saturated rings. The molecule has 0 bridgehead atoms. The van der Waals surface area contributed by atoms with Crippen LogP contribution in [0.2, 0.25) is 0 Å². The second-order valence-corrected chi connectivity index (χ2v) is 5.84. The molecular weight excluding hydrogens is 388 g/mol. The van der Waals surface area contributed by atoms with Gasteiger partial charge in [0.1, 0.15) is 0 Å². The van der Waals surface area contributed by atoms with Gasteiger partial charge in [0.15, 0.2) is 5.92 Å². The highest BCUT2D eigenvalue weighted by Crippen LogP contribution is 2.27. The molecule has 1 aliphatic rings. The number of ketones is 1. The van der Waals surface area contributed by atoms with Crippen LogP contribution in [0, 0.1) is 26.1 Å². The highest BCUT2D eigenvalue weighted by atomic mass is 16.6. The number of carbonyl (C=O) groups excluding carboxylic acids is 4. The van der Waals surface area contributed by atoms with Crippen LogP contribution in [0.4, 0.5) is 22.7 Å². The van der Waals surface area contributed by atoms with Crippen molar-refractivity contribution in [1.82, 2.24) is 0 Å². The van der Waals surface area contributed by atoms with Crippen molar-refractivity contribution in [3.05, 3.63) is 68.8 Å². The second-order valence-electron chi connectivity index (χ2n) is 5.84. The predicted octanol–water partition coefficient (Wildman–Crippen LogP) is 1.20. The molecule has 2 aromatic carbocycles. The fourth-order valence-corrected chi connectivity index (χ4v) is 2.66. The molecule has 1 atom stereocenters. The van der Waals surface area contributed by atoms with Gasteiger partial charge >= 0.3 is 5.91 Å². The molecule has 0 aliphatic carbocycles. The molecule has 12 nitrogen and oxygen atoms in total. The molecule has 3 rings (SSSR count). The highest BCUT2D eigenvalue weighted by Gasteiger charge is 2.51. The summed E-state index contributed by atoms with van der Waals surface area (Å²) in [6.45, 7) is 0. The number of rotatable bonds is 5. The normalized spacial score (nSPS) is 16.1. The van der Waals surface area contributed by atoms with E-state index in [1.165, 1.54) is 12.1 Å². The summed E-state index contributed by atoms with van der Waals surface area (Å²) in [5.41, 5.74) is -0.519. The Hall–Kier alpha value is -4.48. The molecule has 12 heteroatoms. The number of amides is 3. The van der Waals surface area contributed by atoms with E-state index in [4.69, 9.17) is 0 Å². The van der Waals surface area contributed by atoms with Crippen molar-refractivity contribution >= 4 is 46.3 Å². The van der Waals surface area contributed by atoms with E-state index in [9.17, 15) is 39.4 Å². The van der Waals surface area contributed by atoms with Crippen molar-refractivity contribution in [2.24, 2.45) is 5.92 Å². The van der Waals surface area contributed by atoms with Crippen LogP contribution in [0.25, 0.3) is 0 Å². The summed E-state index contributed by atoms with van der Waals surface area (Å²) in [7, 11) is 0. The van der Waals surface area contributed by atoms with Crippen LogP contribution >= 0.6 is 0 Å². The lowest BCUT2D eigenvalue weighted by Gasteiger charge is -2.13. The Morgan fingerprint density at radius 1 is 0.862 bits per heavy atom. The first-order valence-electron chi connectivity index (χ1n) is 7.92. The fraction of sp³-hybridized carbons (Fsp3) is 0.0588. The first-order chi connectivity index (χ1) is 13.7. The van der Waals surface area contributed by atoms with Gasteiger partial charge in [-0.05, 0) is 24.3 Å². The molecule has 0 spiro atoms. The van der Waals surface area contributed by atoms with Crippen molar-refractivity contribution in [1.29, 1.82) is 0 Å². The predicted molar refractivity (Wildman–Crippen MR) is 95.8 cm³/mol. The Kier molecular flexibility index (Phi) is 4.83. The molecule has 146 valence electrons. The quantitative estimate of drug-likeness (QED) is 0.257. The maximum atomic E-state index is 12.5. The van der Waals surface area contributed by atoms with Crippen molar-refractivity contribution in [2.75, 3.05) is 10.2 Å². The van der Waals surface area contributed by atoms with Gasteiger partial charge in [-0.15, -0.1) is 0 Å². The number of nitro benzene ring substituents is 2. The van der Waals surface area contributed by atoms with Gasteiger partial charge in [-0.3, -0.25) is 39.4 Å². The number of nitrogens with zero attached hydrogens (tertiary/aromatic N) is 3. The molecule has 29 heavy (non-hydrogen) atoms. The molecular formula is C17H10N4O8. The lowest BCUT2D eigenvalue weighted by Crippen LogP contribution is -2.34. The minimum Gasteiger partial charge on any atom is -0.325 e. The number of Topliss-reactive ketones (excluding diaryl/α,β-unsaturated/α-hetero) is 1. The third kappa shape index (κ3) is 3.53. The number of non-ortho nitro benzene ring substituents is 2. The Morgan fingerprint density at radius 2 is 1.34 bits per heavy atom. The minimum absolute atomic E-state index is 0.0856. The second kappa shape index (κ2) is 7.26. The summed E-state index contributed by atoms with van der Waals surface area (Å²) in [5, 5.41) is 23.6. The average molecular weight is 398 g/mol. The van der Waals surface area contributed by atoms with E-state index in [-0.39, 0.29) is 22.7 Å². The van der Waals surface area contributed by atoms with Gasteiger partial charge in [0.05, 0.1) is 15.5 Å². The molecule has 1 aliphatic heterocycles. The van der Waals surface area contributed by atoms with Gasteiger partial charge in [-0.25, -0.2) is 4.90 Å². The number of imide groups is 1. The molecule has 0 radical (unpaired) electrons. The van der Waals surface area contributed by atoms with Gasteiger partial charge in [-0.2, -0.15) is 0 Å². The molecule has 1 N–H and O–H groups in total. The summed E-state index contributed by atoms with van der Waals surface area (Å²) >= 11 is 0. The number of nitro groups is 2. The zero-order chi connectivity index (χ0) is 21.3. The zero-order valence-corrected chi connectivity index (χ0v) is 14.3. The summed E-state index contributed by atoms with van der Waals surface area (Å²) in [6.07, 6.45) is 0. The van der Waals surface area contributed by atoms with E-state index in [1.54, 1.807) is 0 Å². The maximum Gasteiger partial charge on any atom is 0.302 e. The van der Waals surface area contributed by atoms with Gasteiger partial charge in [0.25, 0.3) is 17.3 Å². The van der Waals surface area contributed by atoms with E-state index in [0.717, 1.165) is 36.4 Å². The van der Waals surface area contributed by atoms with Gasteiger partial charge < -0.3 is 5.32 Å². The number of carbonyl (C=O) groups is 4. The third-order valence-electron chi connectivity index (χ3n) is 4.07. The van der Waals surface area contributed by atoms with Crippen LogP contribution in [0.5, 0.6) is 0 Å². The molecule has 1 heterocycles. The van der Waals surface area contributed by atoms with Gasteiger partial charge in [0, 0.05) is 30.0 Å². The molecule has 3 amide bonds. The third-order valence-corrected chi connectivity index (χ3v) is 4.07. The summed E-state index contributed by atoms with van der Waals surface area (Å²) < 4.78 is 0. The number of hydrogen-bond acceptors (Lipinski definition) is 8. The van der Waals surface area contributed by atoms with Crippen LogP contribution in [0.1, 0.15) is 0 Å². The van der Waals surface area contributed by atoms with E-state index >= 15 is 0 Å².